The molecule has 11 heteroatoms. The zero-order valence-corrected chi connectivity index (χ0v) is 15.4. The Bertz CT molecular complexity index is 1060. The molecule has 0 saturated carbocycles. The predicted molar refractivity (Wildman–Crippen MR) is 105 cm³/mol. The first-order valence-corrected chi connectivity index (χ1v) is 9.47. The summed E-state index contributed by atoms with van der Waals surface area (Å²) in [5.74, 6) is -0.574. The Morgan fingerprint density at radius 1 is 1.11 bits per heavy atom. The second-order valence-electron chi connectivity index (χ2n) is 5.41. The van der Waals surface area contributed by atoms with Crippen molar-refractivity contribution in [1.29, 1.82) is 0 Å². The number of carbonyl (C=O) groups excluding carboxylic acids is 1. The molecule has 3 rings (SSSR count). The maximum absolute atomic E-state index is 12.5. The molecule has 0 aromatic heterocycles. The molecule has 0 atom stereocenters. The lowest BCUT2D eigenvalue weighted by atomic mass is 10.1. The minimum atomic E-state index is -3.79. The molecule has 2 aromatic carbocycles. The molecule has 2 aromatic rings. The number of primary sulfonamides is 1. The van der Waals surface area contributed by atoms with Gasteiger partial charge in [0.2, 0.25) is 10.0 Å². The Morgan fingerprint density at radius 2 is 1.74 bits per heavy atom. The molecule has 0 fully saturated rings. The highest BCUT2D eigenvalue weighted by Gasteiger charge is 2.34. The summed E-state index contributed by atoms with van der Waals surface area (Å²) >= 11 is 4.85. The fourth-order valence-corrected chi connectivity index (χ4v) is 2.91. The Balaban J connectivity index is 1.92. The number of thiocarbonyl (C=S) groups is 1. The zero-order chi connectivity index (χ0) is 19.6. The van der Waals surface area contributed by atoms with Gasteiger partial charge in [0.25, 0.3) is 0 Å². The molecule has 5 N–H and O–H groups in total. The van der Waals surface area contributed by atoms with Crippen LogP contribution in [0.3, 0.4) is 0 Å². The third kappa shape index (κ3) is 4.00. The number of rotatable bonds is 4. The molecule has 0 radical (unpaired) electrons. The van der Waals surface area contributed by atoms with Gasteiger partial charge < -0.3 is 5.73 Å². The van der Waals surface area contributed by atoms with E-state index >= 15 is 0 Å². The summed E-state index contributed by atoms with van der Waals surface area (Å²) in [6.07, 6.45) is 0. The molecule has 1 aliphatic rings. The molecule has 27 heavy (non-hydrogen) atoms. The summed E-state index contributed by atoms with van der Waals surface area (Å²) in [5.41, 5.74) is 9.67. The van der Waals surface area contributed by atoms with Crippen LogP contribution in [0.5, 0.6) is 0 Å². The molecule has 0 spiro atoms. The largest absolute Gasteiger partial charge is 0.374 e. The fraction of sp³-hybridized carbons (Fsp3) is 0. The molecule has 0 aliphatic carbocycles. The third-order valence-corrected chi connectivity index (χ3v) is 4.66. The molecular weight excluding hydrogens is 388 g/mol. The second-order valence-corrected chi connectivity index (χ2v) is 7.39. The van der Waals surface area contributed by atoms with Gasteiger partial charge in [0.15, 0.2) is 10.8 Å². The number of nitrogens with one attached hydrogen (secondary N) is 1. The number of hydrazone groups is 2. The maximum atomic E-state index is 12.5. The Hall–Kier alpha value is -3.15. The van der Waals surface area contributed by atoms with Gasteiger partial charge in [0.1, 0.15) is 5.71 Å². The summed E-state index contributed by atoms with van der Waals surface area (Å²) < 4.78 is 22.6. The number of anilines is 1. The van der Waals surface area contributed by atoms with Crippen LogP contribution in [0.1, 0.15) is 5.56 Å². The average molecular weight is 402 g/mol. The van der Waals surface area contributed by atoms with Gasteiger partial charge in [0, 0.05) is 5.56 Å². The lowest BCUT2D eigenvalue weighted by Crippen LogP contribution is -2.36. The van der Waals surface area contributed by atoms with E-state index in [1.807, 2.05) is 6.07 Å². The number of hydrogen-bond donors (Lipinski definition) is 3. The third-order valence-electron chi connectivity index (χ3n) is 3.55. The van der Waals surface area contributed by atoms with Crippen LogP contribution in [0, 0.1) is 0 Å². The topological polar surface area (TPSA) is 143 Å². The first kappa shape index (κ1) is 18.6. The van der Waals surface area contributed by atoms with Crippen LogP contribution in [0.15, 0.2) is 69.7 Å². The monoisotopic (exact) mass is 402 g/mol. The van der Waals surface area contributed by atoms with Gasteiger partial charge in [-0.3, -0.25) is 10.2 Å². The van der Waals surface area contributed by atoms with Gasteiger partial charge in [0.05, 0.1) is 10.6 Å². The van der Waals surface area contributed by atoms with Crippen molar-refractivity contribution in [3.8, 4) is 0 Å². The van der Waals surface area contributed by atoms with Crippen LogP contribution >= 0.6 is 12.2 Å². The smallest absolute Gasteiger partial charge is 0.303 e. The molecule has 138 valence electrons. The molecule has 1 amide bonds. The van der Waals surface area contributed by atoms with Crippen LogP contribution in [-0.4, -0.2) is 35.9 Å². The van der Waals surface area contributed by atoms with Crippen molar-refractivity contribution in [2.24, 2.45) is 21.1 Å². The van der Waals surface area contributed by atoms with Crippen molar-refractivity contribution in [2.75, 3.05) is 5.43 Å². The number of nitrogens with zero attached hydrogens (tertiary/aromatic N) is 3. The standard InChI is InChI=1S/C16H14N6O3S2/c17-16(26)22-15(23)14(13(21-22)10-4-2-1-3-5-10)20-19-11-6-8-12(9-7-11)27(18,24)25/h1-9,19H,(H2,17,26)(H2,18,24,25)/b20-14+. The van der Waals surface area contributed by atoms with Gasteiger partial charge in [-0.2, -0.15) is 15.2 Å². The van der Waals surface area contributed by atoms with E-state index in [0.29, 0.717) is 17.0 Å². The SMILES string of the molecule is NC(=S)N1N=C(c2ccccc2)/C(=N\Nc2ccc(S(N)(=O)=O)cc2)C1=O. The number of hydrogen-bond acceptors (Lipinski definition) is 7. The molecule has 9 nitrogen and oxygen atoms in total. The van der Waals surface area contributed by atoms with E-state index in [4.69, 9.17) is 23.1 Å². The highest BCUT2D eigenvalue weighted by atomic mass is 32.2. The summed E-state index contributed by atoms with van der Waals surface area (Å²) in [5, 5.41) is 14.0. The first-order chi connectivity index (χ1) is 12.8. The minimum absolute atomic E-state index is 0.0181. The summed E-state index contributed by atoms with van der Waals surface area (Å²) in [4.78, 5) is 12.5. The number of sulfonamides is 1. The van der Waals surface area contributed by atoms with Gasteiger partial charge in [-0.1, -0.05) is 30.3 Å². The molecular formula is C16H14N6O3S2. The lowest BCUT2D eigenvalue weighted by Gasteiger charge is -2.07. The molecule has 0 bridgehead atoms. The average Bonchev–Trinajstić information content (AvgIpc) is 2.97. The van der Waals surface area contributed by atoms with Crippen LogP contribution in [0.2, 0.25) is 0 Å². The van der Waals surface area contributed by atoms with E-state index in [1.165, 1.54) is 24.3 Å². The summed E-state index contributed by atoms with van der Waals surface area (Å²) in [6.45, 7) is 0. The van der Waals surface area contributed by atoms with Crippen molar-refractivity contribution < 1.29 is 13.2 Å². The van der Waals surface area contributed by atoms with Gasteiger partial charge in [-0.05, 0) is 36.5 Å². The number of nitrogens with two attached hydrogens (primary N) is 2. The van der Waals surface area contributed by atoms with E-state index in [-0.39, 0.29) is 15.7 Å². The highest BCUT2D eigenvalue weighted by molar-refractivity contribution is 7.89. The van der Waals surface area contributed by atoms with Gasteiger partial charge >= 0.3 is 5.91 Å². The van der Waals surface area contributed by atoms with E-state index < -0.39 is 15.9 Å². The van der Waals surface area contributed by atoms with Gasteiger partial charge in [-0.15, -0.1) is 0 Å². The fourth-order valence-electron chi connectivity index (χ4n) is 2.27. The van der Waals surface area contributed by atoms with Crippen molar-refractivity contribution >= 4 is 50.4 Å². The van der Waals surface area contributed by atoms with E-state index in [1.54, 1.807) is 24.3 Å². The normalized spacial score (nSPS) is 15.7. The molecule has 1 heterocycles. The number of benzene rings is 2. The van der Waals surface area contributed by atoms with Crippen LogP contribution in [0.4, 0.5) is 5.69 Å². The van der Waals surface area contributed by atoms with Crippen molar-refractivity contribution in [3.05, 3.63) is 60.2 Å². The predicted octanol–water partition coefficient (Wildman–Crippen LogP) is 0.592. The second kappa shape index (κ2) is 7.23. The van der Waals surface area contributed by atoms with Crippen LogP contribution in [-0.2, 0) is 14.8 Å². The van der Waals surface area contributed by atoms with Crippen molar-refractivity contribution in [1.82, 2.24) is 5.01 Å². The van der Waals surface area contributed by atoms with Crippen molar-refractivity contribution in [3.63, 3.8) is 0 Å². The molecule has 0 saturated heterocycles. The Morgan fingerprint density at radius 3 is 2.30 bits per heavy atom. The van der Waals surface area contributed by atoms with Gasteiger partial charge in [-0.25, -0.2) is 13.6 Å². The first-order valence-electron chi connectivity index (χ1n) is 7.52. The van der Waals surface area contributed by atoms with Crippen molar-refractivity contribution in [2.45, 2.75) is 4.90 Å². The Labute approximate surface area is 160 Å². The van der Waals surface area contributed by atoms with Crippen LogP contribution in [0.25, 0.3) is 0 Å². The van der Waals surface area contributed by atoms with E-state index in [2.05, 4.69) is 15.6 Å². The summed E-state index contributed by atoms with van der Waals surface area (Å²) in [7, 11) is -3.79. The van der Waals surface area contributed by atoms with Crippen LogP contribution < -0.4 is 16.3 Å². The number of amides is 1. The zero-order valence-electron chi connectivity index (χ0n) is 13.7. The van der Waals surface area contributed by atoms with E-state index in [0.717, 1.165) is 5.01 Å². The highest BCUT2D eigenvalue weighted by Crippen LogP contribution is 2.16. The minimum Gasteiger partial charge on any atom is -0.374 e. The summed E-state index contributed by atoms with van der Waals surface area (Å²) in [6, 6.07) is 14.5. The quantitative estimate of drug-likeness (QED) is 0.504. The number of carbonyl (C=O) groups is 1. The molecule has 0 unspecified atom stereocenters. The Kier molecular flexibility index (Phi) is 4.99. The maximum Gasteiger partial charge on any atom is 0.303 e. The van der Waals surface area contributed by atoms with E-state index in [9.17, 15) is 13.2 Å². The molecule has 1 aliphatic heterocycles. The lowest BCUT2D eigenvalue weighted by molar-refractivity contribution is -0.119.